The molecular formula is C12H19N3O2. The third-order valence-corrected chi connectivity index (χ3v) is 2.64. The fourth-order valence-corrected chi connectivity index (χ4v) is 1.21. The molecule has 1 aromatic rings. The Morgan fingerprint density at radius 2 is 2.29 bits per heavy atom. The van der Waals surface area contributed by atoms with Crippen LogP contribution in [0.4, 0.5) is 5.82 Å². The summed E-state index contributed by atoms with van der Waals surface area (Å²) >= 11 is 0. The molecule has 1 unspecified atom stereocenters. The number of esters is 1. The number of hydrogen-bond donors (Lipinski definition) is 1. The summed E-state index contributed by atoms with van der Waals surface area (Å²) in [4.78, 5) is 17.6. The van der Waals surface area contributed by atoms with Gasteiger partial charge in [0.1, 0.15) is 5.82 Å². The lowest BCUT2D eigenvalue weighted by Crippen LogP contribution is -2.31. The first-order valence-electron chi connectivity index (χ1n) is 5.49. The molecule has 0 aliphatic rings. The molecule has 0 saturated heterocycles. The van der Waals surface area contributed by atoms with Gasteiger partial charge >= 0.3 is 5.97 Å². The Balaban J connectivity index is 2.63. The van der Waals surface area contributed by atoms with E-state index < -0.39 is 0 Å². The third-order valence-electron chi connectivity index (χ3n) is 2.64. The Kier molecular flexibility index (Phi) is 4.90. The van der Waals surface area contributed by atoms with E-state index in [2.05, 4.69) is 26.9 Å². The first-order chi connectivity index (χ1) is 8.04. The van der Waals surface area contributed by atoms with Gasteiger partial charge in [-0.15, -0.1) is 0 Å². The molecule has 94 valence electrons. The number of likely N-dealkylation sites (N-methyl/N-ethyl adjacent to an activating group) is 1. The number of hydrogen-bond acceptors (Lipinski definition) is 5. The van der Waals surface area contributed by atoms with Gasteiger partial charge < -0.3 is 15.0 Å². The quantitative estimate of drug-likeness (QED) is 0.781. The molecule has 0 amide bonds. The van der Waals surface area contributed by atoms with Crippen LogP contribution >= 0.6 is 0 Å². The van der Waals surface area contributed by atoms with E-state index in [1.807, 2.05) is 14.1 Å². The molecule has 0 bridgehead atoms. The van der Waals surface area contributed by atoms with Crippen LogP contribution < -0.4 is 5.32 Å². The predicted molar refractivity (Wildman–Crippen MR) is 67.2 cm³/mol. The van der Waals surface area contributed by atoms with Crippen LogP contribution in [0.5, 0.6) is 0 Å². The predicted octanol–water partition coefficient (Wildman–Crippen LogP) is 1.23. The summed E-state index contributed by atoms with van der Waals surface area (Å²) in [6.45, 7) is 2.88. The van der Waals surface area contributed by atoms with Gasteiger partial charge in [-0.1, -0.05) is 0 Å². The van der Waals surface area contributed by atoms with Gasteiger partial charge in [0.05, 0.1) is 12.7 Å². The lowest BCUT2D eigenvalue weighted by atomic mass is 10.2. The molecule has 1 atom stereocenters. The molecule has 1 aromatic heterocycles. The maximum atomic E-state index is 11.3. The van der Waals surface area contributed by atoms with Crippen molar-refractivity contribution in [3.63, 3.8) is 0 Å². The van der Waals surface area contributed by atoms with E-state index in [1.165, 1.54) is 7.11 Å². The zero-order chi connectivity index (χ0) is 12.8. The number of pyridine rings is 1. The fraction of sp³-hybridized carbons (Fsp3) is 0.500. The van der Waals surface area contributed by atoms with E-state index in [9.17, 15) is 4.79 Å². The van der Waals surface area contributed by atoms with Crippen molar-refractivity contribution in [1.29, 1.82) is 0 Å². The van der Waals surface area contributed by atoms with E-state index >= 15 is 0 Å². The number of nitrogens with one attached hydrogen (secondary N) is 1. The van der Waals surface area contributed by atoms with Gasteiger partial charge in [0.15, 0.2) is 0 Å². The zero-order valence-corrected chi connectivity index (χ0v) is 10.7. The number of aromatic nitrogens is 1. The number of ether oxygens (including phenoxy) is 1. The Labute approximate surface area is 102 Å². The molecule has 1 N–H and O–H groups in total. The first-order valence-corrected chi connectivity index (χ1v) is 5.49. The summed E-state index contributed by atoms with van der Waals surface area (Å²) in [6.07, 6.45) is 1.59. The normalized spacial score (nSPS) is 12.3. The number of anilines is 1. The summed E-state index contributed by atoms with van der Waals surface area (Å²) < 4.78 is 4.65. The molecule has 1 rings (SSSR count). The molecule has 0 aliphatic heterocycles. The molecule has 0 radical (unpaired) electrons. The van der Waals surface area contributed by atoms with E-state index in [0.29, 0.717) is 17.4 Å². The summed E-state index contributed by atoms with van der Waals surface area (Å²) in [7, 11) is 5.40. The highest BCUT2D eigenvalue weighted by atomic mass is 16.5. The van der Waals surface area contributed by atoms with Crippen LogP contribution in [0, 0.1) is 0 Å². The minimum atomic E-state index is -0.351. The second kappa shape index (κ2) is 6.20. The summed E-state index contributed by atoms with van der Waals surface area (Å²) in [5.41, 5.74) is 0.502. The lowest BCUT2D eigenvalue weighted by molar-refractivity contribution is 0.0600. The lowest BCUT2D eigenvalue weighted by Gasteiger charge is -2.20. The van der Waals surface area contributed by atoms with Gasteiger partial charge in [-0.25, -0.2) is 9.78 Å². The van der Waals surface area contributed by atoms with Crippen molar-refractivity contribution < 1.29 is 9.53 Å². The minimum Gasteiger partial charge on any atom is -0.465 e. The van der Waals surface area contributed by atoms with E-state index in [0.717, 1.165) is 6.54 Å². The first kappa shape index (κ1) is 13.4. The van der Waals surface area contributed by atoms with Gasteiger partial charge in [-0.2, -0.15) is 0 Å². The Morgan fingerprint density at radius 1 is 1.59 bits per heavy atom. The Morgan fingerprint density at radius 3 is 2.88 bits per heavy atom. The maximum Gasteiger partial charge on any atom is 0.338 e. The van der Waals surface area contributed by atoms with Crippen LogP contribution in [0.25, 0.3) is 0 Å². The molecule has 0 spiro atoms. The molecule has 5 nitrogen and oxygen atoms in total. The SMILES string of the molecule is COC(=O)c1ccnc(NCC(C)N(C)C)c1. The van der Waals surface area contributed by atoms with E-state index in [-0.39, 0.29) is 5.97 Å². The number of rotatable bonds is 5. The average molecular weight is 237 g/mol. The van der Waals surface area contributed by atoms with Crippen molar-refractivity contribution in [2.75, 3.05) is 33.1 Å². The molecule has 1 heterocycles. The highest BCUT2D eigenvalue weighted by molar-refractivity contribution is 5.89. The molecule has 5 heteroatoms. The smallest absolute Gasteiger partial charge is 0.338 e. The van der Waals surface area contributed by atoms with Crippen molar-refractivity contribution in [2.24, 2.45) is 0 Å². The highest BCUT2D eigenvalue weighted by Gasteiger charge is 2.08. The van der Waals surface area contributed by atoms with Crippen molar-refractivity contribution in [2.45, 2.75) is 13.0 Å². The van der Waals surface area contributed by atoms with Crippen LogP contribution in [0.1, 0.15) is 17.3 Å². The second-order valence-corrected chi connectivity index (χ2v) is 4.11. The highest BCUT2D eigenvalue weighted by Crippen LogP contribution is 2.08. The van der Waals surface area contributed by atoms with Crippen molar-refractivity contribution in [1.82, 2.24) is 9.88 Å². The van der Waals surface area contributed by atoms with Crippen LogP contribution in [0.2, 0.25) is 0 Å². The second-order valence-electron chi connectivity index (χ2n) is 4.11. The fourth-order valence-electron chi connectivity index (χ4n) is 1.21. The number of carbonyl (C=O) groups is 1. The topological polar surface area (TPSA) is 54.5 Å². The summed E-state index contributed by atoms with van der Waals surface area (Å²) in [5.74, 6) is 0.331. The third kappa shape index (κ3) is 4.03. The van der Waals surface area contributed by atoms with Gasteiger partial charge in [0.2, 0.25) is 0 Å². The summed E-state index contributed by atoms with van der Waals surface area (Å²) in [5, 5.41) is 3.18. The van der Waals surface area contributed by atoms with Crippen LogP contribution in [-0.2, 0) is 4.74 Å². The van der Waals surface area contributed by atoms with Gasteiger partial charge in [-0.05, 0) is 33.2 Å². The van der Waals surface area contributed by atoms with Gasteiger partial charge in [0.25, 0.3) is 0 Å². The molecule has 0 fully saturated rings. The van der Waals surface area contributed by atoms with Crippen LogP contribution in [0.3, 0.4) is 0 Å². The zero-order valence-electron chi connectivity index (χ0n) is 10.7. The maximum absolute atomic E-state index is 11.3. The largest absolute Gasteiger partial charge is 0.465 e. The Bertz CT molecular complexity index is 380. The van der Waals surface area contributed by atoms with Crippen molar-refractivity contribution in [3.05, 3.63) is 23.9 Å². The minimum absolute atomic E-state index is 0.351. The Hall–Kier alpha value is -1.62. The molecular weight excluding hydrogens is 218 g/mol. The molecule has 0 aliphatic carbocycles. The number of methoxy groups -OCH3 is 1. The summed E-state index contributed by atoms with van der Waals surface area (Å²) in [6, 6.07) is 3.71. The molecule has 0 aromatic carbocycles. The van der Waals surface area contributed by atoms with E-state index in [1.54, 1.807) is 18.3 Å². The number of carbonyl (C=O) groups excluding carboxylic acids is 1. The average Bonchev–Trinajstić information content (AvgIpc) is 2.35. The van der Waals surface area contributed by atoms with Crippen molar-refractivity contribution >= 4 is 11.8 Å². The van der Waals surface area contributed by atoms with Gasteiger partial charge in [-0.3, -0.25) is 0 Å². The van der Waals surface area contributed by atoms with Crippen molar-refractivity contribution in [3.8, 4) is 0 Å². The van der Waals surface area contributed by atoms with E-state index in [4.69, 9.17) is 0 Å². The molecule has 0 saturated carbocycles. The number of nitrogens with zero attached hydrogens (tertiary/aromatic N) is 2. The standard InChI is InChI=1S/C12H19N3O2/c1-9(15(2)3)8-14-11-7-10(5-6-13-11)12(16)17-4/h5-7,9H,8H2,1-4H3,(H,13,14). The van der Waals surface area contributed by atoms with Crippen LogP contribution in [-0.4, -0.2) is 49.6 Å². The molecule has 17 heavy (non-hydrogen) atoms. The van der Waals surface area contributed by atoms with Gasteiger partial charge in [0, 0.05) is 18.8 Å². The van der Waals surface area contributed by atoms with Crippen LogP contribution in [0.15, 0.2) is 18.3 Å². The monoisotopic (exact) mass is 237 g/mol.